The molecule has 5 rings (SSSR count). The first kappa shape index (κ1) is 14.8. The zero-order valence-electron chi connectivity index (χ0n) is 12.6. The normalized spacial score (nSPS) is 11.4. The Morgan fingerprint density at radius 2 is 1.23 bits per heavy atom. The molecule has 2 N–H and O–H groups in total. The maximum Gasteiger partial charge on any atom is 0.289 e. The minimum Gasteiger partial charge on any atom is -0.248 e. The quantitative estimate of drug-likeness (QED) is 0.421. The number of hydrogen-bond acceptors (Lipinski definition) is 10. The number of H-pyrrole nitrogens is 2. The van der Waals surface area contributed by atoms with Crippen LogP contribution in [0.1, 0.15) is 0 Å². The summed E-state index contributed by atoms with van der Waals surface area (Å²) in [5.74, 6) is 1.35. The molecule has 0 radical (unpaired) electrons. The molecule has 0 aliphatic heterocycles. The monoisotopic (exact) mass is 382 g/mol. The summed E-state index contributed by atoms with van der Waals surface area (Å²) in [6, 6.07) is 7.32. The highest BCUT2D eigenvalue weighted by Gasteiger charge is 2.11. The summed E-state index contributed by atoms with van der Waals surface area (Å²) < 4.78 is 3.47. The Kier molecular flexibility index (Phi) is 3.13. The Balaban J connectivity index is 1.65. The molecule has 26 heavy (non-hydrogen) atoms. The molecular formula is C12H6N12S2. The number of hydrogen-bond donors (Lipinski definition) is 2. The summed E-state index contributed by atoms with van der Waals surface area (Å²) in [5, 5.41) is 37.9. The highest BCUT2D eigenvalue weighted by molar-refractivity contribution is 7.71. The highest BCUT2D eigenvalue weighted by atomic mass is 32.1. The number of benzene rings is 1. The fourth-order valence-electron chi connectivity index (χ4n) is 2.32. The van der Waals surface area contributed by atoms with Crippen LogP contribution < -0.4 is 0 Å². The number of rotatable bonds is 2. The number of nitrogens with zero attached hydrogens (tertiary/aromatic N) is 10. The van der Waals surface area contributed by atoms with Gasteiger partial charge in [0.1, 0.15) is 0 Å². The summed E-state index contributed by atoms with van der Waals surface area (Å²) in [7, 11) is 0. The Morgan fingerprint density at radius 1 is 0.731 bits per heavy atom. The van der Waals surface area contributed by atoms with E-state index in [1.807, 2.05) is 24.3 Å². The molecule has 0 saturated carbocycles. The Bertz CT molecular complexity index is 1290. The number of aromatic nitrogens is 12. The van der Waals surface area contributed by atoms with Gasteiger partial charge in [0.15, 0.2) is 0 Å². The van der Waals surface area contributed by atoms with Crippen molar-refractivity contribution in [2.45, 2.75) is 0 Å². The van der Waals surface area contributed by atoms with Crippen LogP contribution in [-0.4, -0.2) is 60.0 Å². The van der Waals surface area contributed by atoms with Gasteiger partial charge in [-0.15, -0.1) is 40.8 Å². The maximum absolute atomic E-state index is 5.11. The standard InChI is InChI=1S/C12H6N12S2/c25-11-19-17-9-15-13-7(21-23(9)11)5-2-1-3-6(4-5)8-14-16-10-18-20-12(26)24(10)22-8/h1-4H,(H,19,25)(H,20,26). The molecule has 0 bridgehead atoms. The number of nitrogens with one attached hydrogen (secondary N) is 2. The summed E-state index contributed by atoms with van der Waals surface area (Å²) >= 11 is 10.2. The molecule has 0 aliphatic rings. The lowest BCUT2D eigenvalue weighted by atomic mass is 10.1. The van der Waals surface area contributed by atoms with Gasteiger partial charge in [-0.3, -0.25) is 0 Å². The lowest BCUT2D eigenvalue weighted by Gasteiger charge is -2.03. The van der Waals surface area contributed by atoms with Gasteiger partial charge >= 0.3 is 0 Å². The maximum atomic E-state index is 5.11. The molecule has 0 amide bonds. The number of fused-ring (bicyclic) bond motifs is 2. The minimum atomic E-state index is 0.294. The molecule has 126 valence electrons. The third-order valence-electron chi connectivity index (χ3n) is 3.50. The first-order valence-corrected chi connectivity index (χ1v) is 7.98. The average Bonchev–Trinajstić information content (AvgIpc) is 3.24. The van der Waals surface area contributed by atoms with E-state index in [0.29, 0.717) is 43.9 Å². The van der Waals surface area contributed by atoms with Crippen LogP contribution in [-0.2, 0) is 0 Å². The van der Waals surface area contributed by atoms with Crippen molar-refractivity contribution in [1.29, 1.82) is 0 Å². The molecule has 5 aromatic rings. The first-order chi connectivity index (χ1) is 12.7. The van der Waals surface area contributed by atoms with Gasteiger partial charge < -0.3 is 0 Å². The van der Waals surface area contributed by atoms with E-state index in [1.54, 1.807) is 0 Å². The van der Waals surface area contributed by atoms with Crippen LogP contribution in [0.5, 0.6) is 0 Å². The van der Waals surface area contributed by atoms with Crippen molar-refractivity contribution in [2.24, 2.45) is 0 Å². The van der Waals surface area contributed by atoms with E-state index < -0.39 is 0 Å². The molecule has 0 unspecified atom stereocenters. The predicted molar refractivity (Wildman–Crippen MR) is 92.0 cm³/mol. The van der Waals surface area contributed by atoms with Gasteiger partial charge in [-0.05, 0) is 30.5 Å². The van der Waals surface area contributed by atoms with Crippen LogP contribution >= 0.6 is 24.4 Å². The van der Waals surface area contributed by atoms with Gasteiger partial charge in [-0.25, -0.2) is 10.2 Å². The van der Waals surface area contributed by atoms with Crippen LogP contribution in [0.3, 0.4) is 0 Å². The zero-order valence-corrected chi connectivity index (χ0v) is 14.2. The average molecular weight is 382 g/mol. The fourth-order valence-corrected chi connectivity index (χ4v) is 2.65. The van der Waals surface area contributed by atoms with Gasteiger partial charge in [0.05, 0.1) is 0 Å². The Morgan fingerprint density at radius 3 is 1.73 bits per heavy atom. The predicted octanol–water partition coefficient (Wildman–Crippen LogP) is 0.801. The second-order valence-corrected chi connectivity index (χ2v) is 5.88. The van der Waals surface area contributed by atoms with Gasteiger partial charge in [0, 0.05) is 11.1 Å². The lowest BCUT2D eigenvalue weighted by molar-refractivity contribution is 0.824. The van der Waals surface area contributed by atoms with E-state index in [1.165, 1.54) is 9.03 Å². The molecule has 12 nitrogen and oxygen atoms in total. The summed E-state index contributed by atoms with van der Waals surface area (Å²) in [6.45, 7) is 0. The van der Waals surface area contributed by atoms with Crippen molar-refractivity contribution in [1.82, 2.24) is 60.0 Å². The van der Waals surface area contributed by atoms with E-state index in [4.69, 9.17) is 24.4 Å². The summed E-state index contributed by atoms with van der Waals surface area (Å²) in [5.41, 5.74) is 1.42. The zero-order chi connectivity index (χ0) is 17.7. The van der Waals surface area contributed by atoms with Crippen molar-refractivity contribution in [3.8, 4) is 22.8 Å². The van der Waals surface area contributed by atoms with Crippen LogP contribution in [0.2, 0.25) is 0 Å². The van der Waals surface area contributed by atoms with Gasteiger partial charge in [0.25, 0.3) is 11.6 Å². The SMILES string of the molecule is S=c1[nH]nc2nnc(-c3cccc(-c4nnc5n[nH]c(=S)n5n4)c3)nn12. The van der Waals surface area contributed by atoms with Crippen LogP contribution in [0.25, 0.3) is 34.3 Å². The summed E-state index contributed by atoms with van der Waals surface area (Å²) in [4.78, 5) is 0. The highest BCUT2D eigenvalue weighted by Crippen LogP contribution is 2.21. The van der Waals surface area contributed by atoms with Crippen LogP contribution in [0.4, 0.5) is 0 Å². The molecule has 0 aliphatic carbocycles. The third-order valence-corrected chi connectivity index (χ3v) is 4.03. The van der Waals surface area contributed by atoms with Crippen molar-refractivity contribution in [2.75, 3.05) is 0 Å². The molecule has 4 heterocycles. The van der Waals surface area contributed by atoms with Gasteiger partial charge in [-0.1, -0.05) is 18.2 Å². The van der Waals surface area contributed by atoms with Crippen LogP contribution in [0.15, 0.2) is 24.3 Å². The Hall–Kier alpha value is -3.52. The molecule has 0 spiro atoms. The van der Waals surface area contributed by atoms with E-state index in [-0.39, 0.29) is 0 Å². The topological polar surface area (TPSA) is 144 Å². The molecule has 1 aromatic carbocycles. The van der Waals surface area contributed by atoms with E-state index in [0.717, 1.165) is 0 Å². The molecule has 0 atom stereocenters. The van der Waals surface area contributed by atoms with E-state index in [9.17, 15) is 0 Å². The Labute approximate surface area is 153 Å². The number of aromatic amines is 2. The summed E-state index contributed by atoms with van der Waals surface area (Å²) in [6.07, 6.45) is 0. The minimum absolute atomic E-state index is 0.294. The first-order valence-electron chi connectivity index (χ1n) is 7.16. The van der Waals surface area contributed by atoms with E-state index >= 15 is 0 Å². The molecular weight excluding hydrogens is 376 g/mol. The second kappa shape index (κ2) is 5.50. The second-order valence-electron chi connectivity index (χ2n) is 5.11. The molecule has 0 fully saturated rings. The van der Waals surface area contributed by atoms with E-state index in [2.05, 4.69) is 51.0 Å². The molecule has 4 aromatic heterocycles. The van der Waals surface area contributed by atoms with Gasteiger partial charge in [-0.2, -0.15) is 9.03 Å². The van der Waals surface area contributed by atoms with Crippen molar-refractivity contribution < 1.29 is 0 Å². The largest absolute Gasteiger partial charge is 0.289 e. The molecule has 14 heteroatoms. The van der Waals surface area contributed by atoms with Crippen molar-refractivity contribution in [3.05, 3.63) is 33.8 Å². The fraction of sp³-hybridized carbons (Fsp3) is 0. The van der Waals surface area contributed by atoms with Crippen LogP contribution in [0, 0.1) is 9.54 Å². The smallest absolute Gasteiger partial charge is 0.248 e. The third kappa shape index (κ3) is 2.27. The van der Waals surface area contributed by atoms with Gasteiger partial charge in [0.2, 0.25) is 21.2 Å². The molecule has 0 saturated heterocycles. The van der Waals surface area contributed by atoms with Crippen molar-refractivity contribution >= 4 is 36.0 Å². The van der Waals surface area contributed by atoms with Crippen molar-refractivity contribution in [3.63, 3.8) is 0 Å². The lowest BCUT2D eigenvalue weighted by Crippen LogP contribution is -2.03.